The van der Waals surface area contributed by atoms with Gasteiger partial charge in [-0.05, 0) is 20.8 Å². The predicted molar refractivity (Wildman–Crippen MR) is 127 cm³/mol. The van der Waals surface area contributed by atoms with Gasteiger partial charge in [0.25, 0.3) is 11.8 Å². The first kappa shape index (κ1) is 27.8. The number of nitrogens with one attached hydrogen (secondary N) is 2. The molecule has 0 spiro atoms. The van der Waals surface area contributed by atoms with Crippen molar-refractivity contribution in [2.24, 2.45) is 5.16 Å². The lowest BCUT2D eigenvalue weighted by Crippen LogP contribution is -2.68. The Balaban J connectivity index is 1.72. The summed E-state index contributed by atoms with van der Waals surface area (Å²) in [5.74, 6) is -3.84. The van der Waals surface area contributed by atoms with Crippen LogP contribution in [-0.2, 0) is 34.9 Å². The number of rotatable bonds is 10. The number of β-lactam (4-membered cyclic amide) rings is 1. The fourth-order valence-corrected chi connectivity index (χ4v) is 4.91. The number of anilines is 1. The zero-order valence-electron chi connectivity index (χ0n) is 19.6. The molecule has 0 aliphatic carbocycles. The molecule has 2 amide bonds. The number of carboxylic acids is 1. The number of aromatic nitrogens is 2. The molecule has 16 nitrogen and oxygen atoms in total. The van der Waals surface area contributed by atoms with Gasteiger partial charge >= 0.3 is 13.7 Å². The highest BCUT2D eigenvalue weighted by atomic mass is 32.1. The van der Waals surface area contributed by atoms with Gasteiger partial charge in [-0.3, -0.25) is 18.9 Å². The van der Waals surface area contributed by atoms with E-state index in [0.717, 1.165) is 23.6 Å². The third-order valence-electron chi connectivity index (χ3n) is 5.12. The Morgan fingerprint density at radius 1 is 1.41 bits per heavy atom. The van der Waals surface area contributed by atoms with Crippen LogP contribution < -0.4 is 16.5 Å². The number of carbonyl (C=O) groups excluding carboxylic acids is 2. The number of hydrogen-bond donors (Lipinski definition) is 6. The molecule has 0 aromatic carbocycles. The van der Waals surface area contributed by atoms with Crippen LogP contribution in [0.25, 0.3) is 0 Å². The SMILES string of the molecule is C[C@H]1[C@@H](NC(=O)C(=NOC(C)(C)C(=O)O)c2csc(N)n2)C(=O)N1P(=O)(O)OCc1cc(=O)c(O)c[nH]1. The average Bonchev–Trinajstić information content (AvgIpc) is 3.24. The summed E-state index contributed by atoms with van der Waals surface area (Å²) >= 11 is 0.975. The van der Waals surface area contributed by atoms with E-state index < -0.39 is 66.7 Å². The summed E-state index contributed by atoms with van der Waals surface area (Å²) in [7, 11) is -4.71. The Labute approximate surface area is 212 Å². The summed E-state index contributed by atoms with van der Waals surface area (Å²) < 4.78 is 18.2. The normalized spacial score (nSPS) is 19.6. The molecule has 7 N–H and O–H groups in total. The highest BCUT2D eigenvalue weighted by Crippen LogP contribution is 2.52. The van der Waals surface area contributed by atoms with Crippen LogP contribution in [0.1, 0.15) is 32.2 Å². The fourth-order valence-electron chi connectivity index (χ4n) is 2.96. The van der Waals surface area contributed by atoms with Crippen molar-refractivity contribution in [3.8, 4) is 5.75 Å². The van der Waals surface area contributed by atoms with Crippen LogP contribution in [0, 0.1) is 0 Å². The van der Waals surface area contributed by atoms with Crippen molar-refractivity contribution in [2.75, 3.05) is 5.73 Å². The minimum atomic E-state index is -4.71. The number of thiazole rings is 1. The van der Waals surface area contributed by atoms with E-state index in [1.54, 1.807) is 0 Å². The first-order valence-corrected chi connectivity index (χ1v) is 12.8. The van der Waals surface area contributed by atoms with E-state index in [0.29, 0.717) is 4.67 Å². The second-order valence-corrected chi connectivity index (χ2v) is 10.8. The van der Waals surface area contributed by atoms with Gasteiger partial charge in [-0.25, -0.2) is 19.0 Å². The van der Waals surface area contributed by atoms with Gasteiger partial charge in [-0.1, -0.05) is 5.16 Å². The Hall–Kier alpha value is -3.79. The third-order valence-corrected chi connectivity index (χ3v) is 7.36. The molecule has 3 heterocycles. The Morgan fingerprint density at radius 2 is 2.08 bits per heavy atom. The third kappa shape index (κ3) is 5.96. The summed E-state index contributed by atoms with van der Waals surface area (Å²) in [5, 5.41) is 25.9. The number of amides is 2. The summed E-state index contributed by atoms with van der Waals surface area (Å²) in [6, 6.07) is -1.32. The molecule has 2 aromatic heterocycles. The standard InChI is InChI=1S/C19H23N6O10PS/c1-8-13(16(29)25(8)36(32,33)34-6-9-4-11(26)12(27)5-21-9)23-15(28)14(10-7-37-18(20)22-10)24-35-19(2,3)17(30)31/h4-5,7-8,13,27H,6H2,1-3H3,(H2,20,22)(H,21,26)(H,23,28)(H,30,31)(H,32,33)/t8-,13+/m0/s1. The predicted octanol–water partition coefficient (Wildman–Crippen LogP) is -0.264. The lowest BCUT2D eigenvalue weighted by Gasteiger charge is -2.45. The maximum absolute atomic E-state index is 12.9. The second kappa shape index (κ2) is 10.3. The van der Waals surface area contributed by atoms with Crippen LogP contribution in [0.3, 0.4) is 0 Å². The van der Waals surface area contributed by atoms with Crippen molar-refractivity contribution in [3.05, 3.63) is 39.3 Å². The first-order valence-electron chi connectivity index (χ1n) is 10.4. The number of aromatic hydroxyl groups is 1. The summed E-state index contributed by atoms with van der Waals surface area (Å²) in [5.41, 5.74) is 2.61. The number of nitrogen functional groups attached to an aromatic ring is 1. The number of aromatic amines is 1. The van der Waals surface area contributed by atoms with Crippen LogP contribution in [0.5, 0.6) is 5.75 Å². The van der Waals surface area contributed by atoms with E-state index in [1.165, 1.54) is 26.2 Å². The topological polar surface area (TPSA) is 247 Å². The maximum atomic E-state index is 12.9. The van der Waals surface area contributed by atoms with Gasteiger partial charge in [-0.15, -0.1) is 11.3 Å². The molecule has 0 saturated carbocycles. The van der Waals surface area contributed by atoms with Crippen molar-refractivity contribution in [2.45, 2.75) is 45.1 Å². The van der Waals surface area contributed by atoms with Crippen LogP contribution >= 0.6 is 19.1 Å². The number of carboxylic acid groups (broad SMARTS) is 1. The Bertz CT molecular complexity index is 1370. The fraction of sp³-hybridized carbons (Fsp3) is 0.368. The van der Waals surface area contributed by atoms with E-state index in [1.807, 2.05) is 0 Å². The van der Waals surface area contributed by atoms with Gasteiger partial charge in [0.2, 0.25) is 11.0 Å². The van der Waals surface area contributed by atoms with E-state index >= 15 is 0 Å². The van der Waals surface area contributed by atoms with Crippen LogP contribution in [-0.4, -0.2) is 70.9 Å². The molecule has 0 radical (unpaired) electrons. The highest BCUT2D eigenvalue weighted by molar-refractivity contribution is 7.51. The van der Waals surface area contributed by atoms with E-state index in [9.17, 15) is 38.8 Å². The van der Waals surface area contributed by atoms with Gasteiger partial charge in [-0.2, -0.15) is 0 Å². The molecule has 18 heteroatoms. The molecule has 200 valence electrons. The van der Waals surface area contributed by atoms with E-state index in [4.69, 9.17) is 15.1 Å². The zero-order chi connectivity index (χ0) is 27.7. The van der Waals surface area contributed by atoms with Crippen molar-refractivity contribution in [1.82, 2.24) is 20.0 Å². The van der Waals surface area contributed by atoms with Crippen LogP contribution in [0.2, 0.25) is 0 Å². The van der Waals surface area contributed by atoms with Crippen molar-refractivity contribution < 1.29 is 43.4 Å². The molecule has 3 atom stereocenters. The Morgan fingerprint density at radius 3 is 2.62 bits per heavy atom. The first-order chi connectivity index (χ1) is 17.1. The summed E-state index contributed by atoms with van der Waals surface area (Å²) in [4.78, 5) is 70.1. The molecule has 1 aliphatic rings. The number of H-pyrrole nitrogens is 1. The molecule has 1 saturated heterocycles. The van der Waals surface area contributed by atoms with E-state index in [-0.39, 0.29) is 16.5 Å². The molecule has 1 unspecified atom stereocenters. The minimum Gasteiger partial charge on any atom is -0.503 e. The number of pyridine rings is 1. The molecule has 0 bridgehead atoms. The smallest absolute Gasteiger partial charge is 0.435 e. The molecule has 2 aromatic rings. The number of nitrogens with zero attached hydrogens (tertiary/aromatic N) is 3. The monoisotopic (exact) mass is 558 g/mol. The lowest BCUT2D eigenvalue weighted by atomic mass is 10.0. The zero-order valence-corrected chi connectivity index (χ0v) is 21.3. The summed E-state index contributed by atoms with van der Waals surface area (Å²) in [6.07, 6.45) is 0.975. The number of hydrogen-bond acceptors (Lipinski definition) is 12. The highest BCUT2D eigenvalue weighted by Gasteiger charge is 2.54. The van der Waals surface area contributed by atoms with Gasteiger partial charge in [0, 0.05) is 23.3 Å². The molecule has 37 heavy (non-hydrogen) atoms. The van der Waals surface area contributed by atoms with Crippen molar-refractivity contribution in [1.29, 1.82) is 0 Å². The van der Waals surface area contributed by atoms with Crippen molar-refractivity contribution in [3.63, 3.8) is 0 Å². The number of carbonyl (C=O) groups is 3. The molecular weight excluding hydrogens is 535 g/mol. The molecule has 3 rings (SSSR count). The summed E-state index contributed by atoms with van der Waals surface area (Å²) in [6.45, 7) is 3.22. The molecule has 1 fully saturated rings. The molecule has 1 aliphatic heterocycles. The molecular formula is C19H23N6O10PS. The number of aliphatic carboxylic acids is 1. The maximum Gasteiger partial charge on any atom is 0.435 e. The van der Waals surface area contributed by atoms with Gasteiger partial charge in [0.05, 0.1) is 12.6 Å². The van der Waals surface area contributed by atoms with Gasteiger partial charge in [0.1, 0.15) is 11.7 Å². The van der Waals surface area contributed by atoms with Gasteiger partial charge < -0.3 is 36.0 Å². The largest absolute Gasteiger partial charge is 0.503 e. The average molecular weight is 558 g/mol. The quantitative estimate of drug-likeness (QED) is 0.0955. The van der Waals surface area contributed by atoms with E-state index in [2.05, 4.69) is 20.4 Å². The number of oxime groups is 1. The Kier molecular flexibility index (Phi) is 7.73. The van der Waals surface area contributed by atoms with Crippen LogP contribution in [0.4, 0.5) is 5.13 Å². The van der Waals surface area contributed by atoms with Gasteiger partial charge in [0.15, 0.2) is 16.6 Å². The van der Waals surface area contributed by atoms with Crippen LogP contribution in [0.15, 0.2) is 27.6 Å². The lowest BCUT2D eigenvalue weighted by molar-refractivity contribution is -0.161. The second-order valence-electron chi connectivity index (χ2n) is 8.26. The minimum absolute atomic E-state index is 0.0449. The number of nitrogens with two attached hydrogens (primary N) is 1. The van der Waals surface area contributed by atoms with Crippen molar-refractivity contribution >= 4 is 47.7 Å².